The predicted octanol–water partition coefficient (Wildman–Crippen LogP) is 10.7. The van der Waals surface area contributed by atoms with Crippen LogP contribution in [0.2, 0.25) is 0 Å². The van der Waals surface area contributed by atoms with Crippen LogP contribution in [-0.4, -0.2) is 11.6 Å². The lowest BCUT2D eigenvalue weighted by atomic mass is 9.98. The van der Waals surface area contributed by atoms with Crippen molar-refractivity contribution in [3.05, 3.63) is 0 Å². The van der Waals surface area contributed by atoms with E-state index in [1.165, 1.54) is 103 Å². The molecule has 0 aliphatic carbocycles. The van der Waals surface area contributed by atoms with Crippen molar-refractivity contribution in [2.45, 2.75) is 193 Å². The normalized spacial score (nSPS) is 17.3. The van der Waals surface area contributed by atoms with Gasteiger partial charge in [0, 0.05) is 25.7 Å². The summed E-state index contributed by atoms with van der Waals surface area (Å²) in [5, 5.41) is 0. The van der Waals surface area contributed by atoms with Crippen molar-refractivity contribution in [3.63, 3.8) is 0 Å². The molecule has 1 aliphatic rings. The van der Waals surface area contributed by atoms with Crippen molar-refractivity contribution >= 4 is 0 Å². The fourth-order valence-corrected chi connectivity index (χ4v) is 4.91. The minimum Gasteiger partial charge on any atom is -0.195 e. The monoisotopic (exact) mass is 484 g/mol. The molecule has 0 spiro atoms. The molecule has 1 fully saturated rings. The van der Waals surface area contributed by atoms with Crippen LogP contribution >= 0.6 is 0 Å². The van der Waals surface area contributed by atoms with Crippen molar-refractivity contribution < 1.29 is 19.6 Å². The van der Waals surface area contributed by atoms with Gasteiger partial charge in [-0.25, -0.2) is 0 Å². The Morgan fingerprint density at radius 1 is 0.294 bits per heavy atom. The molecule has 34 heavy (non-hydrogen) atoms. The number of unbranched alkanes of at least 4 members (excludes halogenated alkanes) is 16. The molecular weight excluding hydrogens is 424 g/mol. The molecule has 4 heteroatoms. The average Bonchev–Trinajstić information content (AvgIpc) is 2.85. The van der Waals surface area contributed by atoms with Crippen LogP contribution in [-0.2, 0) is 19.6 Å². The molecule has 0 N–H and O–H groups in total. The van der Waals surface area contributed by atoms with Crippen molar-refractivity contribution in [1.29, 1.82) is 0 Å². The highest BCUT2D eigenvalue weighted by Crippen LogP contribution is 2.41. The zero-order valence-corrected chi connectivity index (χ0v) is 23.6. The van der Waals surface area contributed by atoms with Gasteiger partial charge in [-0.15, -0.1) is 0 Å². The highest BCUT2D eigenvalue weighted by atomic mass is 17.4. The minimum absolute atomic E-state index is 0.730. The second kappa shape index (κ2) is 21.0. The van der Waals surface area contributed by atoms with Gasteiger partial charge in [0.15, 0.2) is 0 Å². The Kier molecular flexibility index (Phi) is 19.7. The van der Waals surface area contributed by atoms with E-state index in [9.17, 15) is 0 Å². The topological polar surface area (TPSA) is 36.9 Å². The molecule has 0 radical (unpaired) electrons. The summed E-state index contributed by atoms with van der Waals surface area (Å²) in [6.45, 7) is 9.04. The SMILES string of the molecule is CCCCCCCC1(CCCCCCC)OOC(CCCCCCC)(CCCCCCC)OO1. The molecule has 0 unspecified atom stereocenters. The van der Waals surface area contributed by atoms with Crippen LogP contribution in [0.5, 0.6) is 0 Å². The maximum absolute atomic E-state index is 6.20. The van der Waals surface area contributed by atoms with E-state index < -0.39 is 11.6 Å². The number of hydrogen-bond acceptors (Lipinski definition) is 4. The molecule has 0 saturated carbocycles. The van der Waals surface area contributed by atoms with E-state index in [1.54, 1.807) is 0 Å². The summed E-state index contributed by atoms with van der Waals surface area (Å²) in [4.78, 5) is 24.8. The van der Waals surface area contributed by atoms with Crippen LogP contribution in [0.3, 0.4) is 0 Å². The van der Waals surface area contributed by atoms with Gasteiger partial charge in [0.05, 0.1) is 0 Å². The molecule has 0 aromatic carbocycles. The molecule has 1 heterocycles. The summed E-state index contributed by atoms with van der Waals surface area (Å²) >= 11 is 0. The molecule has 0 bridgehead atoms. The molecule has 0 aromatic rings. The van der Waals surface area contributed by atoms with Gasteiger partial charge in [-0.05, 0) is 25.7 Å². The lowest BCUT2D eigenvalue weighted by Crippen LogP contribution is -2.51. The van der Waals surface area contributed by atoms with Gasteiger partial charge in [-0.1, -0.05) is 130 Å². The van der Waals surface area contributed by atoms with E-state index in [4.69, 9.17) is 19.6 Å². The molecule has 0 amide bonds. The molecular formula is C30H60O4. The molecule has 0 aromatic heterocycles. The van der Waals surface area contributed by atoms with Crippen LogP contribution in [0.4, 0.5) is 0 Å². The summed E-state index contributed by atoms with van der Waals surface area (Å²) < 4.78 is 0. The van der Waals surface area contributed by atoms with Crippen molar-refractivity contribution in [1.82, 2.24) is 0 Å². The molecule has 204 valence electrons. The van der Waals surface area contributed by atoms with Gasteiger partial charge in [0.25, 0.3) is 0 Å². The van der Waals surface area contributed by atoms with Gasteiger partial charge in [-0.2, -0.15) is 19.6 Å². The van der Waals surface area contributed by atoms with Crippen LogP contribution < -0.4 is 0 Å². The molecule has 1 aliphatic heterocycles. The van der Waals surface area contributed by atoms with Crippen molar-refractivity contribution in [3.8, 4) is 0 Å². The molecule has 1 saturated heterocycles. The molecule has 0 atom stereocenters. The van der Waals surface area contributed by atoms with Crippen LogP contribution in [0.15, 0.2) is 0 Å². The smallest absolute Gasteiger partial charge is 0.195 e. The largest absolute Gasteiger partial charge is 0.234 e. The Morgan fingerprint density at radius 3 is 0.706 bits per heavy atom. The third-order valence-electron chi connectivity index (χ3n) is 7.34. The van der Waals surface area contributed by atoms with Gasteiger partial charge in [0.2, 0.25) is 11.6 Å². The van der Waals surface area contributed by atoms with Crippen LogP contribution in [0.25, 0.3) is 0 Å². The third-order valence-corrected chi connectivity index (χ3v) is 7.34. The Bertz CT molecular complexity index is 360. The van der Waals surface area contributed by atoms with E-state index in [0.29, 0.717) is 0 Å². The molecule has 1 rings (SSSR count). The van der Waals surface area contributed by atoms with Crippen LogP contribution in [0.1, 0.15) is 182 Å². The van der Waals surface area contributed by atoms with Gasteiger partial charge >= 0.3 is 0 Å². The summed E-state index contributed by atoms with van der Waals surface area (Å²) in [5.74, 6) is -1.46. The Balaban J connectivity index is 2.65. The summed E-state index contributed by atoms with van der Waals surface area (Å²) in [6.07, 6.45) is 28.1. The van der Waals surface area contributed by atoms with E-state index in [1.807, 2.05) is 0 Å². The predicted molar refractivity (Wildman–Crippen MR) is 143 cm³/mol. The van der Waals surface area contributed by atoms with E-state index in [-0.39, 0.29) is 0 Å². The Hall–Kier alpha value is -0.160. The lowest BCUT2D eigenvalue weighted by molar-refractivity contribution is -0.660. The molecule has 4 nitrogen and oxygen atoms in total. The Morgan fingerprint density at radius 2 is 0.500 bits per heavy atom. The summed E-state index contributed by atoms with van der Waals surface area (Å²) in [5.41, 5.74) is 0. The first-order chi connectivity index (χ1) is 16.7. The van der Waals surface area contributed by atoms with E-state index >= 15 is 0 Å². The minimum atomic E-state index is -0.730. The van der Waals surface area contributed by atoms with Gasteiger partial charge < -0.3 is 0 Å². The second-order valence-electron chi connectivity index (χ2n) is 10.8. The zero-order valence-electron chi connectivity index (χ0n) is 23.6. The standard InChI is InChI=1S/C30H60O4/c1-5-9-13-17-21-25-29(26-22-18-14-10-6-2)31-33-30(34-32-29,27-23-19-15-11-7-3)28-24-20-16-12-8-4/h5-28H2,1-4H3. The second-order valence-corrected chi connectivity index (χ2v) is 10.8. The quantitative estimate of drug-likeness (QED) is 0.101. The fraction of sp³-hybridized carbons (Fsp3) is 1.00. The lowest BCUT2D eigenvalue weighted by Gasteiger charge is -2.43. The van der Waals surface area contributed by atoms with E-state index in [2.05, 4.69) is 27.7 Å². The highest BCUT2D eigenvalue weighted by molar-refractivity contribution is 4.75. The van der Waals surface area contributed by atoms with Gasteiger partial charge in [0.1, 0.15) is 0 Å². The van der Waals surface area contributed by atoms with Crippen molar-refractivity contribution in [2.24, 2.45) is 0 Å². The summed E-state index contributed by atoms with van der Waals surface area (Å²) in [7, 11) is 0. The zero-order chi connectivity index (χ0) is 24.8. The number of hydrogen-bond donors (Lipinski definition) is 0. The number of rotatable bonds is 24. The summed E-state index contributed by atoms with van der Waals surface area (Å²) in [6, 6.07) is 0. The third kappa shape index (κ3) is 14.4. The Labute approximate surface area is 213 Å². The van der Waals surface area contributed by atoms with Gasteiger partial charge in [-0.3, -0.25) is 0 Å². The first kappa shape index (κ1) is 31.9. The maximum atomic E-state index is 6.20. The van der Waals surface area contributed by atoms with Crippen molar-refractivity contribution in [2.75, 3.05) is 0 Å². The highest BCUT2D eigenvalue weighted by Gasteiger charge is 2.47. The fourth-order valence-electron chi connectivity index (χ4n) is 4.91. The maximum Gasteiger partial charge on any atom is 0.234 e. The van der Waals surface area contributed by atoms with E-state index in [0.717, 1.165) is 51.4 Å². The average molecular weight is 485 g/mol. The first-order valence-electron chi connectivity index (χ1n) is 15.4. The van der Waals surface area contributed by atoms with Crippen LogP contribution in [0, 0.1) is 0 Å². The first-order valence-corrected chi connectivity index (χ1v) is 15.4.